The molecule has 0 aliphatic heterocycles. The molecule has 0 bridgehead atoms. The number of hydrazone groups is 1. The van der Waals surface area contributed by atoms with Crippen molar-refractivity contribution in [1.29, 1.82) is 0 Å². The molecule has 1 aromatic heterocycles. The highest BCUT2D eigenvalue weighted by atomic mass is 16.6. The zero-order valence-electron chi connectivity index (χ0n) is 14.8. The average Bonchev–Trinajstić information content (AvgIpc) is 2.69. The van der Waals surface area contributed by atoms with Crippen LogP contribution in [0.25, 0.3) is 10.9 Å². The first kappa shape index (κ1) is 18.8. The summed E-state index contributed by atoms with van der Waals surface area (Å²) in [6.45, 7) is 1.55. The van der Waals surface area contributed by atoms with E-state index in [1.54, 1.807) is 31.3 Å². The predicted octanol–water partition coefficient (Wildman–Crippen LogP) is 2.77. The standard InChI is InChI=1S/C19H16N4O5/c1-12(28-17-6-2-4-13-5-3-9-20-18(13)17)19(25)22-21-11-14-10-15(23(26)27)7-8-16(14)24/h2-12,24H,1H3,(H,22,25)/b21-11-/t12-/m1/s1. The number of nitro benzene ring substituents is 1. The number of carbonyl (C=O) groups excluding carboxylic acids is 1. The molecule has 0 radical (unpaired) electrons. The molecule has 1 amide bonds. The molecule has 0 unspecified atom stereocenters. The number of phenols is 1. The van der Waals surface area contributed by atoms with E-state index in [1.165, 1.54) is 12.1 Å². The van der Waals surface area contributed by atoms with E-state index in [0.717, 1.165) is 17.7 Å². The summed E-state index contributed by atoms with van der Waals surface area (Å²) in [5, 5.41) is 25.1. The molecule has 0 spiro atoms. The lowest BCUT2D eigenvalue weighted by Gasteiger charge is -2.14. The third-order valence-electron chi connectivity index (χ3n) is 3.87. The van der Waals surface area contributed by atoms with Gasteiger partial charge in [-0.25, -0.2) is 5.43 Å². The Morgan fingerprint density at radius 3 is 2.89 bits per heavy atom. The molecule has 1 heterocycles. The van der Waals surface area contributed by atoms with E-state index in [2.05, 4.69) is 15.5 Å². The summed E-state index contributed by atoms with van der Waals surface area (Å²) >= 11 is 0. The number of phenolic OH excluding ortho intramolecular Hbond substituents is 1. The Morgan fingerprint density at radius 1 is 1.32 bits per heavy atom. The monoisotopic (exact) mass is 380 g/mol. The van der Waals surface area contributed by atoms with Crippen LogP contribution < -0.4 is 10.2 Å². The molecule has 2 N–H and O–H groups in total. The highest BCUT2D eigenvalue weighted by Crippen LogP contribution is 2.24. The number of benzene rings is 2. The fourth-order valence-corrected chi connectivity index (χ4v) is 2.43. The minimum atomic E-state index is -0.872. The largest absolute Gasteiger partial charge is 0.507 e. The smallest absolute Gasteiger partial charge is 0.280 e. The van der Waals surface area contributed by atoms with Gasteiger partial charge in [0.1, 0.15) is 17.0 Å². The number of hydrogen-bond donors (Lipinski definition) is 2. The molecule has 1 atom stereocenters. The van der Waals surface area contributed by atoms with Crippen molar-refractivity contribution >= 4 is 28.7 Å². The van der Waals surface area contributed by atoms with Crippen LogP contribution in [0, 0.1) is 10.1 Å². The number of ether oxygens (including phenoxy) is 1. The molecule has 3 rings (SSSR count). The first-order chi connectivity index (χ1) is 13.5. The SMILES string of the molecule is C[C@@H](Oc1cccc2cccnc12)C(=O)N/N=C\c1cc([N+](=O)[O-])ccc1O. The molecule has 2 aromatic carbocycles. The number of carbonyl (C=O) groups is 1. The summed E-state index contributed by atoms with van der Waals surface area (Å²) in [6, 6.07) is 12.6. The van der Waals surface area contributed by atoms with Crippen LogP contribution in [0.1, 0.15) is 12.5 Å². The van der Waals surface area contributed by atoms with Crippen LogP contribution in [0.4, 0.5) is 5.69 Å². The van der Waals surface area contributed by atoms with Gasteiger partial charge in [-0.3, -0.25) is 19.9 Å². The number of non-ortho nitro benzene ring substituents is 1. The summed E-state index contributed by atoms with van der Waals surface area (Å²) in [7, 11) is 0. The van der Waals surface area contributed by atoms with Crippen molar-refractivity contribution in [2.45, 2.75) is 13.0 Å². The number of rotatable bonds is 6. The number of nitrogens with one attached hydrogen (secondary N) is 1. The lowest BCUT2D eigenvalue weighted by molar-refractivity contribution is -0.384. The van der Waals surface area contributed by atoms with Gasteiger partial charge in [0, 0.05) is 29.3 Å². The van der Waals surface area contributed by atoms with Crippen LogP contribution >= 0.6 is 0 Å². The summed E-state index contributed by atoms with van der Waals surface area (Å²) in [5.74, 6) is -0.273. The highest BCUT2D eigenvalue weighted by molar-refractivity contribution is 5.88. The van der Waals surface area contributed by atoms with Gasteiger partial charge in [0.05, 0.1) is 11.1 Å². The molecule has 142 valence electrons. The van der Waals surface area contributed by atoms with Gasteiger partial charge in [0.2, 0.25) is 0 Å². The maximum absolute atomic E-state index is 12.2. The molecular formula is C19H16N4O5. The van der Waals surface area contributed by atoms with E-state index >= 15 is 0 Å². The number of hydrogen-bond acceptors (Lipinski definition) is 7. The van der Waals surface area contributed by atoms with Gasteiger partial charge in [-0.05, 0) is 25.1 Å². The molecule has 3 aromatic rings. The minimum Gasteiger partial charge on any atom is -0.507 e. The van der Waals surface area contributed by atoms with Crippen molar-refractivity contribution in [3.63, 3.8) is 0 Å². The van der Waals surface area contributed by atoms with Crippen LogP contribution in [0.2, 0.25) is 0 Å². The Labute approximate surface area is 159 Å². The zero-order valence-corrected chi connectivity index (χ0v) is 14.8. The molecule has 28 heavy (non-hydrogen) atoms. The summed E-state index contributed by atoms with van der Waals surface area (Å²) in [5.41, 5.74) is 2.81. The van der Waals surface area contributed by atoms with Crippen LogP contribution in [0.5, 0.6) is 11.5 Å². The highest BCUT2D eigenvalue weighted by Gasteiger charge is 2.16. The van der Waals surface area contributed by atoms with Gasteiger partial charge in [0.15, 0.2) is 6.10 Å². The molecule has 9 nitrogen and oxygen atoms in total. The van der Waals surface area contributed by atoms with Gasteiger partial charge < -0.3 is 9.84 Å². The Kier molecular flexibility index (Phi) is 5.45. The molecule has 0 saturated carbocycles. The summed E-state index contributed by atoms with van der Waals surface area (Å²) < 4.78 is 5.68. The van der Waals surface area contributed by atoms with E-state index in [-0.39, 0.29) is 17.0 Å². The molecular weight excluding hydrogens is 364 g/mol. The maximum Gasteiger partial charge on any atom is 0.280 e. The Balaban J connectivity index is 1.67. The van der Waals surface area contributed by atoms with Crippen LogP contribution in [-0.4, -0.2) is 33.2 Å². The summed E-state index contributed by atoms with van der Waals surface area (Å²) in [6.07, 6.45) is 1.88. The van der Waals surface area contributed by atoms with E-state index in [0.29, 0.717) is 11.3 Å². The van der Waals surface area contributed by atoms with Crippen molar-refractivity contribution in [2.75, 3.05) is 0 Å². The number of fused-ring (bicyclic) bond motifs is 1. The lowest BCUT2D eigenvalue weighted by Crippen LogP contribution is -2.33. The van der Waals surface area contributed by atoms with Crippen molar-refractivity contribution in [3.05, 3.63) is 70.4 Å². The fraction of sp³-hybridized carbons (Fsp3) is 0.105. The van der Waals surface area contributed by atoms with E-state index < -0.39 is 16.9 Å². The second-order valence-electron chi connectivity index (χ2n) is 5.83. The van der Waals surface area contributed by atoms with Crippen molar-refractivity contribution in [1.82, 2.24) is 10.4 Å². The van der Waals surface area contributed by atoms with Gasteiger partial charge in [-0.1, -0.05) is 18.2 Å². The van der Waals surface area contributed by atoms with Crippen LogP contribution in [-0.2, 0) is 4.79 Å². The number of nitrogens with zero attached hydrogens (tertiary/aromatic N) is 3. The molecule has 0 saturated heterocycles. The number of aromatic nitrogens is 1. The van der Waals surface area contributed by atoms with Gasteiger partial charge in [-0.2, -0.15) is 5.10 Å². The second kappa shape index (κ2) is 8.12. The number of pyridine rings is 1. The predicted molar refractivity (Wildman–Crippen MR) is 102 cm³/mol. The number of nitro groups is 1. The summed E-state index contributed by atoms with van der Waals surface area (Å²) in [4.78, 5) is 26.6. The molecule has 0 aliphatic rings. The lowest BCUT2D eigenvalue weighted by atomic mass is 10.2. The van der Waals surface area contributed by atoms with Crippen molar-refractivity contribution < 1.29 is 19.6 Å². The van der Waals surface area contributed by atoms with Crippen LogP contribution in [0.15, 0.2) is 59.8 Å². The quantitative estimate of drug-likeness (QED) is 0.385. The Bertz CT molecular complexity index is 1060. The van der Waals surface area contributed by atoms with E-state index in [4.69, 9.17) is 4.74 Å². The van der Waals surface area contributed by atoms with E-state index in [1.807, 2.05) is 12.1 Å². The maximum atomic E-state index is 12.2. The minimum absolute atomic E-state index is 0.0984. The third kappa shape index (κ3) is 4.21. The van der Waals surface area contributed by atoms with Crippen LogP contribution in [0.3, 0.4) is 0 Å². The Hall–Kier alpha value is -4.01. The average molecular weight is 380 g/mol. The fourth-order valence-electron chi connectivity index (χ4n) is 2.43. The molecule has 0 aliphatic carbocycles. The number of para-hydroxylation sites is 1. The first-order valence-corrected chi connectivity index (χ1v) is 8.26. The van der Waals surface area contributed by atoms with E-state index in [9.17, 15) is 20.0 Å². The topological polar surface area (TPSA) is 127 Å². The first-order valence-electron chi connectivity index (χ1n) is 8.26. The van der Waals surface area contributed by atoms with Crippen molar-refractivity contribution in [3.8, 4) is 11.5 Å². The second-order valence-corrected chi connectivity index (χ2v) is 5.83. The Morgan fingerprint density at radius 2 is 2.11 bits per heavy atom. The number of amides is 1. The number of aromatic hydroxyl groups is 1. The molecule has 9 heteroatoms. The van der Waals surface area contributed by atoms with Gasteiger partial charge in [-0.15, -0.1) is 0 Å². The van der Waals surface area contributed by atoms with Crippen molar-refractivity contribution in [2.24, 2.45) is 5.10 Å². The third-order valence-corrected chi connectivity index (χ3v) is 3.87. The normalized spacial score (nSPS) is 12.0. The van der Waals surface area contributed by atoms with Gasteiger partial charge >= 0.3 is 0 Å². The van der Waals surface area contributed by atoms with Gasteiger partial charge in [0.25, 0.3) is 11.6 Å². The zero-order chi connectivity index (χ0) is 20.1. The molecule has 0 fully saturated rings.